The number of halogens is 1. The summed E-state index contributed by atoms with van der Waals surface area (Å²) in [5, 5.41) is 10.1. The molecule has 0 atom stereocenters. The second-order valence-corrected chi connectivity index (χ2v) is 7.61. The van der Waals surface area contributed by atoms with Gasteiger partial charge in [-0.3, -0.25) is 9.48 Å². The molecule has 0 saturated heterocycles. The normalized spacial score (nSPS) is 10.8. The van der Waals surface area contributed by atoms with Crippen molar-refractivity contribution in [1.82, 2.24) is 9.78 Å². The van der Waals surface area contributed by atoms with Gasteiger partial charge in [-0.2, -0.15) is 5.10 Å². The van der Waals surface area contributed by atoms with Gasteiger partial charge in [0.25, 0.3) is 0 Å². The molecule has 2 heterocycles. The molecule has 1 amide bonds. The fraction of sp³-hybridized carbons (Fsp3) is 0.200. The lowest BCUT2D eigenvalue weighted by molar-refractivity contribution is -0.116. The molecule has 7 nitrogen and oxygen atoms in total. The number of ether oxygens (including phenoxy) is 1. The number of nitrogens with one attached hydrogen (secondary N) is 2. The first-order valence-electron chi connectivity index (χ1n) is 10.5. The Balaban J connectivity index is 1.39. The van der Waals surface area contributed by atoms with E-state index in [1.165, 1.54) is 6.07 Å². The van der Waals surface area contributed by atoms with E-state index in [1.807, 2.05) is 31.4 Å². The molecule has 2 aromatic heterocycles. The van der Waals surface area contributed by atoms with Crippen molar-refractivity contribution in [3.05, 3.63) is 84.3 Å². The second-order valence-electron chi connectivity index (χ2n) is 7.61. The molecule has 0 fully saturated rings. The molecule has 0 aliphatic carbocycles. The molecule has 2 aromatic carbocycles. The first-order chi connectivity index (χ1) is 16.0. The lowest BCUT2D eigenvalue weighted by atomic mass is 10.1. The first-order valence-corrected chi connectivity index (χ1v) is 10.5. The maximum absolute atomic E-state index is 14.2. The summed E-state index contributed by atoms with van der Waals surface area (Å²) in [4.78, 5) is 12.2. The van der Waals surface area contributed by atoms with Gasteiger partial charge in [-0.05, 0) is 42.0 Å². The fourth-order valence-electron chi connectivity index (χ4n) is 3.48. The second kappa shape index (κ2) is 10.0. The number of aryl methyl sites for hydroxylation is 2. The molecular weight excluding hydrogens is 423 g/mol. The van der Waals surface area contributed by atoms with Crippen molar-refractivity contribution in [3.63, 3.8) is 0 Å². The van der Waals surface area contributed by atoms with Crippen molar-refractivity contribution < 1.29 is 18.3 Å². The number of anilines is 2. The Morgan fingerprint density at radius 2 is 2.09 bits per heavy atom. The van der Waals surface area contributed by atoms with Crippen molar-refractivity contribution in [2.24, 2.45) is 7.05 Å². The van der Waals surface area contributed by atoms with Crippen LogP contribution in [0.5, 0.6) is 5.75 Å². The van der Waals surface area contributed by atoms with E-state index < -0.39 is 5.82 Å². The Kier molecular flexibility index (Phi) is 6.73. The maximum atomic E-state index is 14.2. The van der Waals surface area contributed by atoms with Crippen LogP contribution in [0.2, 0.25) is 0 Å². The summed E-state index contributed by atoms with van der Waals surface area (Å²) in [6.07, 6.45) is 5.93. The highest BCUT2D eigenvalue weighted by atomic mass is 19.1. The van der Waals surface area contributed by atoms with Crippen LogP contribution in [0.15, 0.2) is 71.6 Å². The minimum Gasteiger partial charge on any atom is -0.496 e. The first kappa shape index (κ1) is 22.1. The highest BCUT2D eigenvalue weighted by molar-refractivity contribution is 5.91. The van der Waals surface area contributed by atoms with E-state index in [2.05, 4.69) is 15.7 Å². The van der Waals surface area contributed by atoms with Crippen LogP contribution in [0.4, 0.5) is 15.8 Å². The lowest BCUT2D eigenvalue weighted by Crippen LogP contribution is -2.13. The number of carbonyl (C=O) groups excluding carboxylic acids is 1. The predicted octanol–water partition coefficient (Wildman–Crippen LogP) is 5.01. The van der Waals surface area contributed by atoms with Crippen LogP contribution in [0.3, 0.4) is 0 Å². The summed E-state index contributed by atoms with van der Waals surface area (Å²) in [5.41, 5.74) is 3.74. The van der Waals surface area contributed by atoms with Gasteiger partial charge in [0.15, 0.2) is 0 Å². The van der Waals surface area contributed by atoms with Gasteiger partial charge in [-0.25, -0.2) is 4.39 Å². The van der Waals surface area contributed by atoms with E-state index in [0.29, 0.717) is 24.4 Å². The zero-order valence-corrected chi connectivity index (χ0v) is 18.5. The van der Waals surface area contributed by atoms with Gasteiger partial charge in [0.2, 0.25) is 5.91 Å². The number of nitrogens with zero attached hydrogens (tertiary/aromatic N) is 2. The minimum absolute atomic E-state index is 0.133. The van der Waals surface area contributed by atoms with Crippen LogP contribution in [-0.4, -0.2) is 22.8 Å². The SMILES string of the molecule is COc1cc(CNc2ccc(F)c(NC(=O)CCc3ccco3)c2)ccc1-c1cnn(C)c1. The number of amides is 1. The number of hydrogen-bond donors (Lipinski definition) is 2. The van der Waals surface area contributed by atoms with Gasteiger partial charge in [-0.1, -0.05) is 12.1 Å². The van der Waals surface area contributed by atoms with Crippen LogP contribution in [0.1, 0.15) is 17.7 Å². The van der Waals surface area contributed by atoms with Gasteiger partial charge in [0.05, 0.1) is 25.3 Å². The number of aromatic nitrogens is 2. The molecule has 0 saturated carbocycles. The molecule has 0 aliphatic heterocycles. The third kappa shape index (κ3) is 5.60. The molecule has 0 bridgehead atoms. The van der Waals surface area contributed by atoms with Gasteiger partial charge >= 0.3 is 0 Å². The van der Waals surface area contributed by atoms with E-state index in [4.69, 9.17) is 9.15 Å². The standard InChI is InChI=1S/C25H25FN4O3/c1-30-16-18(15-28-30)21-8-5-17(12-24(21)32-2)14-27-19-6-9-22(26)23(13-19)29-25(31)10-7-20-4-3-11-33-20/h3-6,8-9,11-13,15-16,27H,7,10,14H2,1-2H3,(H,29,31). The largest absolute Gasteiger partial charge is 0.496 e. The van der Waals surface area contributed by atoms with Crippen LogP contribution in [-0.2, 0) is 24.8 Å². The molecule has 4 aromatic rings. The highest BCUT2D eigenvalue weighted by Crippen LogP contribution is 2.31. The Labute approximate surface area is 191 Å². The molecule has 4 rings (SSSR count). The fourth-order valence-corrected chi connectivity index (χ4v) is 3.48. The molecule has 0 spiro atoms. The number of rotatable bonds is 9. The summed E-state index contributed by atoms with van der Waals surface area (Å²) in [7, 11) is 3.50. The Hall–Kier alpha value is -4.07. The summed E-state index contributed by atoms with van der Waals surface area (Å²) >= 11 is 0. The van der Waals surface area contributed by atoms with Gasteiger partial charge in [0.1, 0.15) is 17.3 Å². The van der Waals surface area contributed by atoms with Crippen molar-refractivity contribution >= 4 is 17.3 Å². The number of hydrogen-bond acceptors (Lipinski definition) is 5. The number of furan rings is 1. The number of methoxy groups -OCH3 is 1. The number of benzene rings is 2. The van der Waals surface area contributed by atoms with Crippen LogP contribution in [0.25, 0.3) is 11.1 Å². The molecule has 0 radical (unpaired) electrons. The average molecular weight is 448 g/mol. The third-order valence-electron chi connectivity index (χ3n) is 5.20. The Morgan fingerprint density at radius 3 is 2.82 bits per heavy atom. The van der Waals surface area contributed by atoms with Crippen LogP contribution >= 0.6 is 0 Å². The van der Waals surface area contributed by atoms with Gasteiger partial charge < -0.3 is 19.8 Å². The van der Waals surface area contributed by atoms with Crippen molar-refractivity contribution in [2.75, 3.05) is 17.7 Å². The van der Waals surface area contributed by atoms with Crippen molar-refractivity contribution in [1.29, 1.82) is 0 Å². The van der Waals surface area contributed by atoms with E-state index >= 15 is 0 Å². The summed E-state index contributed by atoms with van der Waals surface area (Å²) in [6.45, 7) is 0.501. The quantitative estimate of drug-likeness (QED) is 0.376. The molecule has 8 heteroatoms. The molecule has 170 valence electrons. The van der Waals surface area contributed by atoms with Crippen LogP contribution in [0, 0.1) is 5.82 Å². The summed E-state index contributed by atoms with van der Waals surface area (Å²) in [5.74, 6) is 0.685. The number of carbonyl (C=O) groups is 1. The molecular formula is C25H25FN4O3. The molecule has 0 aliphatic rings. The monoisotopic (exact) mass is 448 g/mol. The van der Waals surface area contributed by atoms with E-state index in [-0.39, 0.29) is 18.0 Å². The maximum Gasteiger partial charge on any atom is 0.224 e. The molecule has 33 heavy (non-hydrogen) atoms. The van der Waals surface area contributed by atoms with E-state index in [0.717, 1.165) is 22.4 Å². The van der Waals surface area contributed by atoms with Gasteiger partial charge in [-0.15, -0.1) is 0 Å². The van der Waals surface area contributed by atoms with E-state index in [9.17, 15) is 9.18 Å². The van der Waals surface area contributed by atoms with Crippen LogP contribution < -0.4 is 15.4 Å². The molecule has 0 unspecified atom stereocenters. The lowest BCUT2D eigenvalue weighted by Gasteiger charge is -2.13. The van der Waals surface area contributed by atoms with E-state index in [1.54, 1.807) is 48.5 Å². The predicted molar refractivity (Wildman–Crippen MR) is 125 cm³/mol. The average Bonchev–Trinajstić information content (AvgIpc) is 3.50. The highest BCUT2D eigenvalue weighted by Gasteiger charge is 2.11. The zero-order chi connectivity index (χ0) is 23.2. The topological polar surface area (TPSA) is 81.3 Å². The minimum atomic E-state index is -0.491. The van der Waals surface area contributed by atoms with Crippen molar-refractivity contribution in [3.8, 4) is 16.9 Å². The summed E-state index contributed by atoms with van der Waals surface area (Å²) in [6, 6.07) is 14.1. The van der Waals surface area contributed by atoms with Gasteiger partial charge in [0, 0.05) is 49.4 Å². The third-order valence-corrected chi connectivity index (χ3v) is 5.20. The molecule has 2 N–H and O–H groups in total. The zero-order valence-electron chi connectivity index (χ0n) is 18.5. The van der Waals surface area contributed by atoms with Crippen molar-refractivity contribution in [2.45, 2.75) is 19.4 Å². The Morgan fingerprint density at radius 1 is 1.21 bits per heavy atom. The smallest absolute Gasteiger partial charge is 0.224 e. The summed E-state index contributed by atoms with van der Waals surface area (Å²) < 4.78 is 26.8. The Bertz CT molecular complexity index is 1230.